The zero-order chi connectivity index (χ0) is 23.8. The molecule has 0 saturated carbocycles. The Morgan fingerprint density at radius 2 is 2.09 bits per heavy atom. The van der Waals surface area contributed by atoms with Crippen molar-refractivity contribution >= 4 is 11.9 Å². The summed E-state index contributed by atoms with van der Waals surface area (Å²) in [5.74, 6) is 2.77. The average Bonchev–Trinajstić information content (AvgIpc) is 3.31. The molecule has 1 aliphatic heterocycles. The summed E-state index contributed by atoms with van der Waals surface area (Å²) in [4.78, 5) is 18.9. The molecule has 0 aliphatic carbocycles. The zero-order valence-corrected chi connectivity index (χ0v) is 19.8. The van der Waals surface area contributed by atoms with Crippen molar-refractivity contribution in [2.75, 3.05) is 37.7 Å². The number of rotatable bonds is 11. The van der Waals surface area contributed by atoms with Gasteiger partial charge in [0.25, 0.3) is 11.9 Å². The normalized spacial score (nSPS) is 15.6. The van der Waals surface area contributed by atoms with Crippen LogP contribution in [0.3, 0.4) is 0 Å². The van der Waals surface area contributed by atoms with Gasteiger partial charge in [0.05, 0.1) is 19.3 Å². The van der Waals surface area contributed by atoms with Crippen LogP contribution in [0, 0.1) is 12.8 Å². The minimum absolute atomic E-state index is 0.0139. The van der Waals surface area contributed by atoms with Crippen molar-refractivity contribution in [3.8, 4) is 5.75 Å². The van der Waals surface area contributed by atoms with Crippen LogP contribution < -0.4 is 15.0 Å². The molecule has 0 spiro atoms. The summed E-state index contributed by atoms with van der Waals surface area (Å²) in [5, 5.41) is 24.9. The maximum Gasteiger partial charge on any atom is 0.266 e. The van der Waals surface area contributed by atoms with Gasteiger partial charge in [0, 0.05) is 31.1 Å². The summed E-state index contributed by atoms with van der Waals surface area (Å²) in [7, 11) is 0. The highest BCUT2D eigenvalue weighted by molar-refractivity contribution is 5.95. The SMILES string of the molecule is Cc1cc(OCCCC2CCN(c3noc(C(C)C)n3)CC2)ccc1C(=O)NC[C@H](O)CO. The topological polar surface area (TPSA) is 121 Å². The fraction of sp³-hybridized carbons (Fsp3) is 0.625. The first-order valence-corrected chi connectivity index (χ1v) is 11.8. The number of aryl methyl sites for hydroxylation is 1. The van der Waals surface area contributed by atoms with E-state index in [1.807, 2.05) is 26.8 Å². The fourth-order valence-electron chi connectivity index (χ4n) is 3.92. The third kappa shape index (κ3) is 7.17. The smallest absolute Gasteiger partial charge is 0.266 e. The number of hydrogen-bond donors (Lipinski definition) is 3. The summed E-state index contributed by atoms with van der Waals surface area (Å²) >= 11 is 0. The van der Waals surface area contributed by atoms with Crippen LogP contribution in [0.25, 0.3) is 0 Å². The van der Waals surface area contributed by atoms with E-state index in [1.54, 1.807) is 12.1 Å². The molecule has 33 heavy (non-hydrogen) atoms. The number of aliphatic hydroxyl groups excluding tert-OH is 2. The predicted molar refractivity (Wildman–Crippen MR) is 125 cm³/mol. The van der Waals surface area contributed by atoms with Gasteiger partial charge in [-0.2, -0.15) is 4.98 Å². The van der Waals surface area contributed by atoms with Crippen molar-refractivity contribution in [3.05, 3.63) is 35.2 Å². The molecule has 1 aromatic heterocycles. The lowest BCUT2D eigenvalue weighted by Crippen LogP contribution is -2.34. The second-order valence-electron chi connectivity index (χ2n) is 9.03. The summed E-state index contributed by atoms with van der Waals surface area (Å²) in [6, 6.07) is 5.37. The molecule has 1 atom stereocenters. The van der Waals surface area contributed by atoms with E-state index in [2.05, 4.69) is 20.4 Å². The molecule has 3 rings (SSSR count). The first kappa shape index (κ1) is 25.0. The maximum absolute atomic E-state index is 12.2. The number of carbonyl (C=O) groups excluding carboxylic acids is 1. The molecule has 1 fully saturated rings. The van der Waals surface area contributed by atoms with Crippen LogP contribution in [0.2, 0.25) is 0 Å². The lowest BCUT2D eigenvalue weighted by Gasteiger charge is -2.30. The summed E-state index contributed by atoms with van der Waals surface area (Å²) < 4.78 is 11.2. The molecule has 182 valence electrons. The van der Waals surface area contributed by atoms with E-state index in [0.29, 0.717) is 29.9 Å². The lowest BCUT2D eigenvalue weighted by atomic mass is 9.92. The van der Waals surface area contributed by atoms with Crippen molar-refractivity contribution < 1.29 is 24.3 Å². The van der Waals surface area contributed by atoms with Gasteiger partial charge in [-0.05, 0) is 67.4 Å². The second kappa shape index (κ2) is 12.0. The number of amides is 1. The number of carbonyl (C=O) groups is 1. The number of nitrogens with one attached hydrogen (secondary N) is 1. The number of aliphatic hydroxyl groups is 2. The molecule has 2 aromatic rings. The molecular formula is C24H36N4O5. The van der Waals surface area contributed by atoms with Crippen LogP contribution in [0.1, 0.15) is 67.3 Å². The Morgan fingerprint density at radius 3 is 2.73 bits per heavy atom. The molecule has 1 aromatic carbocycles. The predicted octanol–water partition coefficient (Wildman–Crippen LogP) is 2.66. The summed E-state index contributed by atoms with van der Waals surface area (Å²) in [5.41, 5.74) is 1.33. The molecule has 2 heterocycles. The Bertz CT molecular complexity index is 893. The number of nitrogens with zero attached hydrogens (tertiary/aromatic N) is 3. The van der Waals surface area contributed by atoms with Gasteiger partial charge in [0.2, 0.25) is 5.89 Å². The van der Waals surface area contributed by atoms with Gasteiger partial charge in [0.1, 0.15) is 5.75 Å². The molecule has 0 unspecified atom stereocenters. The van der Waals surface area contributed by atoms with Gasteiger partial charge in [-0.25, -0.2) is 0 Å². The second-order valence-corrected chi connectivity index (χ2v) is 9.03. The van der Waals surface area contributed by atoms with E-state index in [1.165, 1.54) is 0 Å². The van der Waals surface area contributed by atoms with Crippen molar-refractivity contribution in [3.63, 3.8) is 0 Å². The molecule has 9 heteroatoms. The highest BCUT2D eigenvalue weighted by Crippen LogP contribution is 2.26. The van der Waals surface area contributed by atoms with E-state index in [0.717, 1.165) is 50.1 Å². The molecule has 3 N–H and O–H groups in total. The standard InChI is InChI=1S/C24H36N4O5/c1-16(2)23-26-24(27-33-23)28-10-8-18(9-11-28)5-4-12-32-20-6-7-21(17(3)13-20)22(31)25-14-19(30)15-29/h6-7,13,16,18-19,29-30H,4-5,8-12,14-15H2,1-3H3,(H,25,31)/t19-/m0/s1. The van der Waals surface area contributed by atoms with Crippen LogP contribution in [0.4, 0.5) is 5.95 Å². The number of aromatic nitrogens is 2. The van der Waals surface area contributed by atoms with E-state index < -0.39 is 6.10 Å². The Morgan fingerprint density at radius 1 is 1.33 bits per heavy atom. The molecule has 0 bridgehead atoms. The monoisotopic (exact) mass is 460 g/mol. The summed E-state index contributed by atoms with van der Waals surface area (Å²) in [6.45, 7) is 8.10. The van der Waals surface area contributed by atoms with Crippen LogP contribution in [0.15, 0.2) is 22.7 Å². The Hall–Kier alpha value is -2.65. The van der Waals surface area contributed by atoms with Crippen LogP contribution in [-0.2, 0) is 0 Å². The first-order valence-electron chi connectivity index (χ1n) is 11.8. The Labute approximate surface area is 195 Å². The summed E-state index contributed by atoms with van der Waals surface area (Å²) in [6.07, 6.45) is 3.36. The maximum atomic E-state index is 12.2. The fourth-order valence-corrected chi connectivity index (χ4v) is 3.92. The third-order valence-electron chi connectivity index (χ3n) is 6.00. The van der Waals surface area contributed by atoms with Crippen molar-refractivity contribution in [2.45, 2.75) is 58.5 Å². The van der Waals surface area contributed by atoms with E-state index in [9.17, 15) is 9.90 Å². The zero-order valence-electron chi connectivity index (χ0n) is 19.8. The first-order chi connectivity index (χ1) is 15.9. The molecule has 1 aliphatic rings. The van der Waals surface area contributed by atoms with Gasteiger partial charge in [-0.15, -0.1) is 0 Å². The quantitative estimate of drug-likeness (QED) is 0.438. The van der Waals surface area contributed by atoms with Crippen LogP contribution in [0.5, 0.6) is 5.75 Å². The number of piperidine rings is 1. The van der Waals surface area contributed by atoms with Crippen molar-refractivity contribution in [1.29, 1.82) is 0 Å². The number of ether oxygens (including phenoxy) is 1. The van der Waals surface area contributed by atoms with Crippen LogP contribution in [-0.4, -0.2) is 65.2 Å². The molecular weight excluding hydrogens is 424 g/mol. The highest BCUT2D eigenvalue weighted by atomic mass is 16.5. The van der Waals surface area contributed by atoms with Gasteiger partial charge in [-0.1, -0.05) is 13.8 Å². The molecule has 9 nitrogen and oxygen atoms in total. The molecule has 1 saturated heterocycles. The number of benzene rings is 1. The largest absolute Gasteiger partial charge is 0.494 e. The minimum Gasteiger partial charge on any atom is -0.494 e. The van der Waals surface area contributed by atoms with Gasteiger partial charge >= 0.3 is 0 Å². The van der Waals surface area contributed by atoms with E-state index in [-0.39, 0.29) is 25.0 Å². The van der Waals surface area contributed by atoms with Crippen LogP contribution >= 0.6 is 0 Å². The van der Waals surface area contributed by atoms with Crippen molar-refractivity contribution in [2.24, 2.45) is 5.92 Å². The lowest BCUT2D eigenvalue weighted by molar-refractivity contribution is 0.0801. The minimum atomic E-state index is -0.958. The van der Waals surface area contributed by atoms with Crippen molar-refractivity contribution in [1.82, 2.24) is 15.5 Å². The van der Waals surface area contributed by atoms with Gasteiger partial charge in [0.15, 0.2) is 0 Å². The average molecular weight is 461 g/mol. The Kier molecular flexibility index (Phi) is 9.08. The third-order valence-corrected chi connectivity index (χ3v) is 6.00. The Balaban J connectivity index is 1.36. The molecule has 1 amide bonds. The highest BCUT2D eigenvalue weighted by Gasteiger charge is 2.23. The van der Waals surface area contributed by atoms with Gasteiger partial charge in [-0.3, -0.25) is 4.79 Å². The van der Waals surface area contributed by atoms with Gasteiger partial charge < -0.3 is 29.7 Å². The van der Waals surface area contributed by atoms with E-state index >= 15 is 0 Å². The number of hydrogen-bond acceptors (Lipinski definition) is 8. The van der Waals surface area contributed by atoms with E-state index in [4.69, 9.17) is 14.4 Å². The number of anilines is 1. The molecule has 0 radical (unpaired) electrons.